The van der Waals surface area contributed by atoms with E-state index >= 15 is 0 Å². The molecule has 3 heterocycles. The molecule has 4 amide bonds. The number of aryl methyl sites for hydroxylation is 1. The van der Waals surface area contributed by atoms with Crippen LogP contribution in [-0.4, -0.2) is 102 Å². The molecule has 8 heteroatoms. The van der Waals surface area contributed by atoms with E-state index in [0.29, 0.717) is 25.9 Å². The number of unbranched alkanes of at least 4 members (excludes halogenated alkanes) is 1. The largest absolute Gasteiger partial charge is 0.342 e. The lowest BCUT2D eigenvalue weighted by molar-refractivity contribution is -0.132. The number of likely N-dealkylation sites (tertiary alicyclic amines) is 1. The van der Waals surface area contributed by atoms with Gasteiger partial charge in [0.1, 0.15) is 5.54 Å². The van der Waals surface area contributed by atoms with Crippen LogP contribution in [0.5, 0.6) is 0 Å². The van der Waals surface area contributed by atoms with Crippen molar-refractivity contribution in [3.63, 3.8) is 0 Å². The summed E-state index contributed by atoms with van der Waals surface area (Å²) in [5, 5.41) is 3.03. The average Bonchev–Trinajstić information content (AvgIpc) is 3.46. The van der Waals surface area contributed by atoms with Gasteiger partial charge in [-0.2, -0.15) is 0 Å². The van der Waals surface area contributed by atoms with E-state index in [1.165, 1.54) is 16.0 Å². The summed E-state index contributed by atoms with van der Waals surface area (Å²) in [5.41, 5.74) is 1.70. The molecule has 1 N–H and O–H groups in total. The molecule has 4 aliphatic rings. The first-order chi connectivity index (χ1) is 16.5. The zero-order valence-corrected chi connectivity index (χ0v) is 20.1. The van der Waals surface area contributed by atoms with Gasteiger partial charge in [0.2, 0.25) is 5.91 Å². The highest BCUT2D eigenvalue weighted by Crippen LogP contribution is 2.33. The number of hydrogen-bond acceptors (Lipinski definition) is 5. The summed E-state index contributed by atoms with van der Waals surface area (Å²) in [6.45, 7) is 7.64. The number of hydrogen-bond donors (Lipinski definition) is 1. The van der Waals surface area contributed by atoms with E-state index in [0.717, 1.165) is 77.9 Å². The van der Waals surface area contributed by atoms with E-state index in [-0.39, 0.29) is 17.8 Å². The normalized spacial score (nSPS) is 25.8. The van der Waals surface area contributed by atoms with Crippen LogP contribution >= 0.6 is 0 Å². The number of imide groups is 1. The highest BCUT2D eigenvalue weighted by Gasteiger charge is 2.51. The minimum atomic E-state index is -0.756. The fraction of sp³-hybridized carbons (Fsp3) is 0.654. The molecule has 1 atom stereocenters. The molecule has 0 saturated carbocycles. The van der Waals surface area contributed by atoms with Gasteiger partial charge in [-0.25, -0.2) is 4.79 Å². The Kier molecular flexibility index (Phi) is 6.88. The van der Waals surface area contributed by atoms with Crippen LogP contribution in [0.2, 0.25) is 0 Å². The SMILES string of the molecule is O=C(CN1CCN(CCCCN2C(=O)NC3(CCc4ccccc4C3)C2=O)CC1)N1CCCC1. The highest BCUT2D eigenvalue weighted by atomic mass is 16.2. The van der Waals surface area contributed by atoms with Gasteiger partial charge in [0.15, 0.2) is 0 Å². The van der Waals surface area contributed by atoms with Crippen LogP contribution in [0.1, 0.15) is 43.2 Å². The molecular formula is C26H37N5O3. The van der Waals surface area contributed by atoms with Crippen molar-refractivity contribution in [2.45, 2.75) is 50.5 Å². The van der Waals surface area contributed by atoms with E-state index in [1.807, 2.05) is 17.0 Å². The van der Waals surface area contributed by atoms with E-state index in [9.17, 15) is 14.4 Å². The Labute approximate surface area is 202 Å². The molecule has 5 rings (SSSR count). The van der Waals surface area contributed by atoms with Crippen molar-refractivity contribution in [3.8, 4) is 0 Å². The molecule has 3 fully saturated rings. The zero-order valence-electron chi connectivity index (χ0n) is 20.1. The van der Waals surface area contributed by atoms with Gasteiger partial charge in [0.25, 0.3) is 5.91 Å². The molecule has 1 spiro atoms. The van der Waals surface area contributed by atoms with Gasteiger partial charge >= 0.3 is 6.03 Å². The Morgan fingerprint density at radius 2 is 1.56 bits per heavy atom. The van der Waals surface area contributed by atoms with Crippen LogP contribution in [0, 0.1) is 0 Å². The van der Waals surface area contributed by atoms with Gasteiger partial charge in [0, 0.05) is 52.2 Å². The number of rotatable bonds is 7. The van der Waals surface area contributed by atoms with Crippen molar-refractivity contribution < 1.29 is 14.4 Å². The molecule has 0 radical (unpaired) electrons. The van der Waals surface area contributed by atoms with Crippen LogP contribution in [0.15, 0.2) is 24.3 Å². The second-order valence-electron chi connectivity index (χ2n) is 10.3. The van der Waals surface area contributed by atoms with E-state index in [2.05, 4.69) is 27.2 Å². The smallest absolute Gasteiger partial charge is 0.325 e. The summed E-state index contributed by atoms with van der Waals surface area (Å²) in [4.78, 5) is 46.4. The summed E-state index contributed by atoms with van der Waals surface area (Å²) < 4.78 is 0. The van der Waals surface area contributed by atoms with E-state index < -0.39 is 5.54 Å². The van der Waals surface area contributed by atoms with Gasteiger partial charge in [-0.05, 0) is 56.2 Å². The van der Waals surface area contributed by atoms with Gasteiger partial charge in [0.05, 0.1) is 6.54 Å². The third kappa shape index (κ3) is 4.84. The minimum Gasteiger partial charge on any atom is -0.342 e. The van der Waals surface area contributed by atoms with Crippen LogP contribution in [0.3, 0.4) is 0 Å². The molecule has 8 nitrogen and oxygen atoms in total. The number of nitrogens with one attached hydrogen (secondary N) is 1. The number of fused-ring (bicyclic) bond motifs is 1. The lowest BCUT2D eigenvalue weighted by Crippen LogP contribution is -2.51. The van der Waals surface area contributed by atoms with Crippen LogP contribution in [0.25, 0.3) is 0 Å². The monoisotopic (exact) mass is 467 g/mol. The number of nitrogens with zero attached hydrogens (tertiary/aromatic N) is 4. The Morgan fingerprint density at radius 1 is 0.882 bits per heavy atom. The standard InChI is InChI=1S/C26H37N5O3/c32-23(30-12-4-5-13-30)20-29-17-15-28(16-18-29)11-3-6-14-31-24(33)26(27-25(31)34)10-9-21-7-1-2-8-22(21)19-26/h1-2,7-8H,3-6,9-20H2,(H,27,34). The van der Waals surface area contributed by atoms with Gasteiger partial charge in [-0.1, -0.05) is 24.3 Å². The highest BCUT2D eigenvalue weighted by molar-refractivity contribution is 6.07. The van der Waals surface area contributed by atoms with Crippen molar-refractivity contribution in [2.24, 2.45) is 0 Å². The van der Waals surface area contributed by atoms with Crippen molar-refractivity contribution >= 4 is 17.8 Å². The quantitative estimate of drug-likeness (QED) is 0.486. The number of amides is 4. The van der Waals surface area contributed by atoms with Crippen LogP contribution < -0.4 is 5.32 Å². The third-order valence-corrected chi connectivity index (χ3v) is 8.07. The third-order valence-electron chi connectivity index (χ3n) is 8.07. The van der Waals surface area contributed by atoms with E-state index in [4.69, 9.17) is 0 Å². The molecule has 184 valence electrons. The Bertz CT molecular complexity index is 923. The minimum absolute atomic E-state index is 0.0525. The fourth-order valence-electron chi connectivity index (χ4n) is 5.94. The molecular weight excluding hydrogens is 430 g/mol. The summed E-state index contributed by atoms with van der Waals surface area (Å²) in [6.07, 6.45) is 6.15. The fourth-order valence-corrected chi connectivity index (χ4v) is 5.94. The average molecular weight is 468 g/mol. The molecule has 34 heavy (non-hydrogen) atoms. The predicted molar refractivity (Wildman–Crippen MR) is 129 cm³/mol. The number of carbonyl (C=O) groups excluding carboxylic acids is 3. The van der Waals surface area contributed by atoms with Gasteiger partial charge in [-0.15, -0.1) is 0 Å². The molecule has 1 aromatic rings. The molecule has 1 aromatic carbocycles. The molecule has 1 unspecified atom stereocenters. The zero-order chi connectivity index (χ0) is 23.5. The topological polar surface area (TPSA) is 76.2 Å². The summed E-state index contributed by atoms with van der Waals surface area (Å²) >= 11 is 0. The molecule has 0 aromatic heterocycles. The first kappa shape index (κ1) is 23.3. The van der Waals surface area contributed by atoms with Crippen molar-refractivity contribution in [1.29, 1.82) is 0 Å². The molecule has 3 saturated heterocycles. The number of urea groups is 1. The number of piperazine rings is 1. The first-order valence-corrected chi connectivity index (χ1v) is 13.0. The maximum atomic E-state index is 13.2. The first-order valence-electron chi connectivity index (χ1n) is 13.0. The molecule has 1 aliphatic carbocycles. The van der Waals surface area contributed by atoms with E-state index in [1.54, 1.807) is 0 Å². The van der Waals surface area contributed by atoms with Crippen molar-refractivity contribution in [1.82, 2.24) is 24.9 Å². The molecule has 3 aliphatic heterocycles. The second-order valence-corrected chi connectivity index (χ2v) is 10.3. The van der Waals surface area contributed by atoms with Gasteiger partial charge < -0.3 is 15.1 Å². The lowest BCUT2D eigenvalue weighted by atomic mass is 9.78. The summed E-state index contributed by atoms with van der Waals surface area (Å²) in [7, 11) is 0. The maximum Gasteiger partial charge on any atom is 0.325 e. The maximum absolute atomic E-state index is 13.2. The molecule has 0 bridgehead atoms. The van der Waals surface area contributed by atoms with Gasteiger partial charge in [-0.3, -0.25) is 19.4 Å². The summed E-state index contributed by atoms with van der Waals surface area (Å²) in [6, 6.07) is 7.99. The number of benzene rings is 1. The van der Waals surface area contributed by atoms with Crippen LogP contribution in [0.4, 0.5) is 4.79 Å². The Balaban J connectivity index is 1.03. The Hall–Kier alpha value is -2.45. The lowest BCUT2D eigenvalue weighted by Gasteiger charge is -2.35. The van der Waals surface area contributed by atoms with Crippen LogP contribution in [-0.2, 0) is 22.4 Å². The van der Waals surface area contributed by atoms with Crippen molar-refractivity contribution in [2.75, 3.05) is 58.9 Å². The van der Waals surface area contributed by atoms with Crippen molar-refractivity contribution in [3.05, 3.63) is 35.4 Å². The summed E-state index contributed by atoms with van der Waals surface area (Å²) in [5.74, 6) is 0.224. The second kappa shape index (κ2) is 10.0. The Morgan fingerprint density at radius 3 is 2.32 bits per heavy atom. The number of carbonyl (C=O) groups is 3. The predicted octanol–water partition coefficient (Wildman–Crippen LogP) is 1.49.